The summed E-state index contributed by atoms with van der Waals surface area (Å²) in [7, 11) is 0. The number of hydrogen-bond donors (Lipinski definition) is 2. The Morgan fingerprint density at radius 2 is 1.74 bits per heavy atom. The SMILES string of the molecule is CC(CC(C)C(C)S)C(=O)NCCOC(C)C(C)C. The van der Waals surface area contributed by atoms with Gasteiger partial charge >= 0.3 is 0 Å². The molecule has 0 bridgehead atoms. The molecule has 0 aliphatic heterocycles. The molecule has 114 valence electrons. The highest BCUT2D eigenvalue weighted by atomic mass is 32.1. The van der Waals surface area contributed by atoms with Crippen molar-refractivity contribution in [2.75, 3.05) is 13.2 Å². The highest BCUT2D eigenvalue weighted by Crippen LogP contribution is 2.18. The Kier molecular flexibility index (Phi) is 9.54. The number of nitrogens with one attached hydrogen (secondary N) is 1. The molecule has 1 N–H and O–H groups in total. The fourth-order valence-electron chi connectivity index (χ4n) is 1.65. The monoisotopic (exact) mass is 289 g/mol. The third-order valence-corrected chi connectivity index (χ3v) is 4.23. The summed E-state index contributed by atoms with van der Waals surface area (Å²) in [5.74, 6) is 1.10. The van der Waals surface area contributed by atoms with Crippen molar-refractivity contribution in [3.8, 4) is 0 Å². The summed E-state index contributed by atoms with van der Waals surface area (Å²) >= 11 is 4.41. The van der Waals surface area contributed by atoms with E-state index in [2.05, 4.69) is 52.6 Å². The molecule has 19 heavy (non-hydrogen) atoms. The summed E-state index contributed by atoms with van der Waals surface area (Å²) in [6.07, 6.45) is 1.11. The van der Waals surface area contributed by atoms with E-state index in [1.54, 1.807) is 0 Å². The predicted molar refractivity (Wildman–Crippen MR) is 84.7 cm³/mol. The first-order valence-electron chi connectivity index (χ1n) is 7.33. The van der Waals surface area contributed by atoms with Crippen molar-refractivity contribution in [2.45, 2.75) is 59.3 Å². The van der Waals surface area contributed by atoms with E-state index in [4.69, 9.17) is 4.74 Å². The maximum absolute atomic E-state index is 11.9. The Hall–Kier alpha value is -0.220. The normalized spacial score (nSPS) is 17.9. The minimum absolute atomic E-state index is 0.0344. The molecule has 1 amide bonds. The second-order valence-corrected chi connectivity index (χ2v) is 6.78. The van der Waals surface area contributed by atoms with Gasteiger partial charge in [-0.1, -0.05) is 34.6 Å². The molecule has 0 radical (unpaired) electrons. The maximum atomic E-state index is 11.9. The summed E-state index contributed by atoms with van der Waals surface area (Å²) in [5, 5.41) is 3.26. The lowest BCUT2D eigenvalue weighted by molar-refractivity contribution is -0.125. The van der Waals surface area contributed by atoms with Crippen LogP contribution in [0.3, 0.4) is 0 Å². The van der Waals surface area contributed by atoms with Gasteiger partial charge in [-0.15, -0.1) is 0 Å². The van der Waals surface area contributed by atoms with Crippen LogP contribution in [0.4, 0.5) is 0 Å². The van der Waals surface area contributed by atoms with Crippen molar-refractivity contribution in [1.29, 1.82) is 0 Å². The van der Waals surface area contributed by atoms with Crippen molar-refractivity contribution < 1.29 is 9.53 Å². The Balaban J connectivity index is 3.80. The van der Waals surface area contributed by atoms with E-state index in [-0.39, 0.29) is 17.9 Å². The van der Waals surface area contributed by atoms with Gasteiger partial charge in [-0.05, 0) is 25.2 Å². The molecule has 0 saturated heterocycles. The van der Waals surface area contributed by atoms with E-state index in [1.165, 1.54) is 0 Å². The molecule has 0 fully saturated rings. The molecule has 0 heterocycles. The Morgan fingerprint density at radius 1 is 1.16 bits per heavy atom. The third kappa shape index (κ3) is 8.53. The van der Waals surface area contributed by atoms with Crippen LogP contribution in [-0.2, 0) is 9.53 Å². The topological polar surface area (TPSA) is 38.3 Å². The number of rotatable bonds is 9. The number of thiol groups is 1. The van der Waals surface area contributed by atoms with Gasteiger partial charge < -0.3 is 10.1 Å². The van der Waals surface area contributed by atoms with E-state index >= 15 is 0 Å². The van der Waals surface area contributed by atoms with Crippen LogP contribution in [0.25, 0.3) is 0 Å². The second-order valence-electron chi connectivity index (χ2n) is 5.97. The van der Waals surface area contributed by atoms with Crippen LogP contribution in [0.5, 0.6) is 0 Å². The summed E-state index contributed by atoms with van der Waals surface area (Å²) < 4.78 is 5.63. The lowest BCUT2D eigenvalue weighted by Gasteiger charge is -2.20. The third-order valence-electron chi connectivity index (χ3n) is 3.72. The molecular formula is C15H31NO2S. The molecule has 0 rings (SSSR count). The largest absolute Gasteiger partial charge is 0.376 e. The summed E-state index contributed by atoms with van der Waals surface area (Å²) in [5.41, 5.74) is 0. The molecule has 0 aliphatic carbocycles. The lowest BCUT2D eigenvalue weighted by Crippen LogP contribution is -2.34. The Labute approximate surface area is 124 Å². The van der Waals surface area contributed by atoms with E-state index in [0.29, 0.717) is 30.2 Å². The van der Waals surface area contributed by atoms with Crippen molar-refractivity contribution in [1.82, 2.24) is 5.32 Å². The minimum atomic E-state index is 0.0344. The average molecular weight is 289 g/mol. The van der Waals surface area contributed by atoms with Crippen molar-refractivity contribution in [3.63, 3.8) is 0 Å². The Morgan fingerprint density at radius 3 is 2.21 bits per heavy atom. The van der Waals surface area contributed by atoms with Crippen LogP contribution < -0.4 is 5.32 Å². The van der Waals surface area contributed by atoms with Gasteiger partial charge in [0.1, 0.15) is 0 Å². The van der Waals surface area contributed by atoms with Gasteiger partial charge in [0.25, 0.3) is 0 Å². The van der Waals surface area contributed by atoms with Crippen molar-refractivity contribution >= 4 is 18.5 Å². The number of carbonyl (C=O) groups is 1. The standard InChI is InChI=1S/C15H31NO2S/c1-10(2)13(5)18-8-7-16-15(17)12(4)9-11(3)14(6)19/h10-14,19H,7-9H2,1-6H3,(H,16,17). The first kappa shape index (κ1) is 18.8. The zero-order chi connectivity index (χ0) is 15.0. The summed E-state index contributed by atoms with van der Waals surface area (Å²) in [6, 6.07) is 0. The van der Waals surface area contributed by atoms with E-state index in [0.717, 1.165) is 6.42 Å². The number of carbonyl (C=O) groups excluding carboxylic acids is 1. The van der Waals surface area contributed by atoms with E-state index in [1.807, 2.05) is 6.92 Å². The number of amides is 1. The highest BCUT2D eigenvalue weighted by molar-refractivity contribution is 7.80. The summed E-state index contributed by atoms with van der Waals surface area (Å²) in [4.78, 5) is 11.9. The van der Waals surface area contributed by atoms with Crippen molar-refractivity contribution in [3.05, 3.63) is 0 Å². The molecule has 0 saturated carbocycles. The van der Waals surface area contributed by atoms with E-state index < -0.39 is 0 Å². The molecule has 3 nitrogen and oxygen atoms in total. The smallest absolute Gasteiger partial charge is 0.222 e. The molecule has 4 atom stereocenters. The molecule has 0 aromatic heterocycles. The zero-order valence-electron chi connectivity index (χ0n) is 13.3. The predicted octanol–water partition coefficient (Wildman–Crippen LogP) is 3.14. The first-order valence-corrected chi connectivity index (χ1v) is 7.84. The molecule has 0 aromatic rings. The van der Waals surface area contributed by atoms with Crippen LogP contribution in [0.1, 0.15) is 48.0 Å². The van der Waals surface area contributed by atoms with Gasteiger partial charge in [0.05, 0.1) is 12.7 Å². The van der Waals surface area contributed by atoms with Gasteiger partial charge in [-0.3, -0.25) is 4.79 Å². The van der Waals surface area contributed by atoms with Crippen LogP contribution in [0, 0.1) is 17.8 Å². The summed E-state index contributed by atoms with van der Waals surface area (Å²) in [6.45, 7) is 13.7. The van der Waals surface area contributed by atoms with Gasteiger partial charge in [0.15, 0.2) is 0 Å². The molecular weight excluding hydrogens is 258 g/mol. The molecule has 0 aliphatic rings. The Bertz CT molecular complexity index is 257. The van der Waals surface area contributed by atoms with Crippen molar-refractivity contribution in [2.24, 2.45) is 17.8 Å². The molecule has 0 spiro atoms. The fraction of sp³-hybridized carbons (Fsp3) is 0.933. The lowest BCUT2D eigenvalue weighted by atomic mass is 9.94. The second kappa shape index (κ2) is 9.65. The van der Waals surface area contributed by atoms with Gasteiger partial charge in [-0.25, -0.2) is 0 Å². The van der Waals surface area contributed by atoms with Crippen LogP contribution >= 0.6 is 12.6 Å². The minimum Gasteiger partial charge on any atom is -0.376 e. The molecule has 4 unspecified atom stereocenters. The molecule has 0 aromatic carbocycles. The van der Waals surface area contributed by atoms with Gasteiger partial charge in [0.2, 0.25) is 5.91 Å². The van der Waals surface area contributed by atoms with Crippen LogP contribution in [0.2, 0.25) is 0 Å². The fourth-order valence-corrected chi connectivity index (χ4v) is 1.77. The number of hydrogen-bond acceptors (Lipinski definition) is 3. The number of ether oxygens (including phenoxy) is 1. The van der Waals surface area contributed by atoms with Crippen LogP contribution in [-0.4, -0.2) is 30.4 Å². The van der Waals surface area contributed by atoms with Crippen LogP contribution in [0.15, 0.2) is 0 Å². The zero-order valence-corrected chi connectivity index (χ0v) is 14.2. The maximum Gasteiger partial charge on any atom is 0.222 e. The quantitative estimate of drug-likeness (QED) is 0.505. The average Bonchev–Trinajstić information content (AvgIpc) is 2.33. The first-order chi connectivity index (χ1) is 8.75. The highest BCUT2D eigenvalue weighted by Gasteiger charge is 2.18. The van der Waals surface area contributed by atoms with E-state index in [9.17, 15) is 4.79 Å². The molecule has 4 heteroatoms. The van der Waals surface area contributed by atoms with Gasteiger partial charge in [0, 0.05) is 17.7 Å². The van der Waals surface area contributed by atoms with Gasteiger partial charge in [-0.2, -0.15) is 12.6 Å².